The molecule has 0 N–H and O–H groups in total. The van der Waals surface area contributed by atoms with E-state index < -0.39 is 0 Å². The van der Waals surface area contributed by atoms with Gasteiger partial charge in [0.05, 0.1) is 11.0 Å². The zero-order chi connectivity index (χ0) is 14.9. The summed E-state index contributed by atoms with van der Waals surface area (Å²) in [5.41, 5.74) is 6.49. The van der Waals surface area contributed by atoms with Crippen molar-refractivity contribution in [1.29, 1.82) is 0 Å². The lowest BCUT2D eigenvalue weighted by Gasteiger charge is -2.06. The minimum Gasteiger partial charge on any atom is -0.299 e. The lowest BCUT2D eigenvalue weighted by Crippen LogP contribution is -1.92. The summed E-state index contributed by atoms with van der Waals surface area (Å²) >= 11 is 0. The average molecular weight is 286 g/mol. The molecular weight excluding hydrogens is 272 g/mol. The van der Waals surface area contributed by atoms with E-state index in [1.54, 1.807) is 6.33 Å². The molecule has 2 aromatic heterocycles. The zero-order valence-electron chi connectivity index (χ0n) is 12.1. The first-order chi connectivity index (χ1) is 10.8. The first kappa shape index (κ1) is 12.7. The van der Waals surface area contributed by atoms with Gasteiger partial charge >= 0.3 is 0 Å². The number of hydrogen-bond acceptors (Lipinski definition) is 3. The summed E-state index contributed by atoms with van der Waals surface area (Å²) in [6.07, 6.45) is 7.04. The monoisotopic (exact) mass is 286 g/mol. The molecule has 0 bridgehead atoms. The molecule has 4 rings (SSSR count). The highest BCUT2D eigenvalue weighted by Crippen LogP contribution is 2.25. The van der Waals surface area contributed by atoms with Crippen molar-refractivity contribution in [3.63, 3.8) is 0 Å². The second kappa shape index (κ2) is 5.07. The highest BCUT2D eigenvalue weighted by Gasteiger charge is 2.07. The number of aromatic nitrogens is 4. The van der Waals surface area contributed by atoms with E-state index in [2.05, 4.69) is 56.8 Å². The van der Waals surface area contributed by atoms with Crippen LogP contribution in [-0.2, 0) is 0 Å². The van der Waals surface area contributed by atoms with Gasteiger partial charge in [0, 0.05) is 23.6 Å². The first-order valence-corrected chi connectivity index (χ1v) is 7.11. The molecular formula is C18H14N4. The van der Waals surface area contributed by atoms with Crippen molar-refractivity contribution in [3.05, 3.63) is 73.1 Å². The van der Waals surface area contributed by atoms with Gasteiger partial charge in [0.2, 0.25) is 0 Å². The third-order valence-corrected chi connectivity index (χ3v) is 3.75. The summed E-state index contributed by atoms with van der Waals surface area (Å²) < 4.78 is 2.10. The summed E-state index contributed by atoms with van der Waals surface area (Å²) in [6, 6.07) is 14.6. The van der Waals surface area contributed by atoms with Gasteiger partial charge in [-0.2, -0.15) is 0 Å². The Morgan fingerprint density at radius 3 is 2.41 bits per heavy atom. The fraction of sp³-hybridized carbons (Fsp3) is 0.0556. The fourth-order valence-electron chi connectivity index (χ4n) is 2.55. The molecule has 2 heterocycles. The summed E-state index contributed by atoms with van der Waals surface area (Å²) in [4.78, 5) is 12.7. The number of imidazole rings is 1. The fourth-order valence-corrected chi connectivity index (χ4v) is 2.55. The molecule has 2 aromatic carbocycles. The van der Waals surface area contributed by atoms with Crippen molar-refractivity contribution in [2.24, 2.45) is 0 Å². The van der Waals surface area contributed by atoms with Crippen LogP contribution in [0.5, 0.6) is 0 Å². The van der Waals surface area contributed by atoms with Crippen LogP contribution in [0.15, 0.2) is 67.5 Å². The summed E-state index contributed by atoms with van der Waals surface area (Å²) in [5, 5.41) is 0. The van der Waals surface area contributed by atoms with Crippen LogP contribution in [0.3, 0.4) is 0 Å². The van der Waals surface area contributed by atoms with E-state index >= 15 is 0 Å². The number of nitrogens with zero attached hydrogens (tertiary/aromatic N) is 4. The van der Waals surface area contributed by atoms with Crippen LogP contribution in [0, 0.1) is 6.92 Å². The van der Waals surface area contributed by atoms with E-state index in [-0.39, 0.29) is 0 Å². The van der Waals surface area contributed by atoms with Gasteiger partial charge in [0.15, 0.2) is 0 Å². The standard InChI is InChI=1S/C18H14N4/c1-13-2-5-16(6-3-13)22-12-21-17-7-4-14(8-18(17)22)15-9-19-11-20-10-15/h2-12H,1H3. The topological polar surface area (TPSA) is 43.6 Å². The molecule has 0 aliphatic rings. The Balaban J connectivity index is 1.88. The lowest BCUT2D eigenvalue weighted by atomic mass is 10.1. The van der Waals surface area contributed by atoms with Crippen LogP contribution < -0.4 is 0 Å². The Morgan fingerprint density at radius 1 is 0.864 bits per heavy atom. The number of hydrogen-bond donors (Lipinski definition) is 0. The molecule has 0 unspecified atom stereocenters. The van der Waals surface area contributed by atoms with Gasteiger partial charge in [-0.25, -0.2) is 15.0 Å². The third kappa shape index (κ3) is 2.15. The minimum atomic E-state index is 0.973. The molecule has 0 fully saturated rings. The van der Waals surface area contributed by atoms with Crippen LogP contribution >= 0.6 is 0 Å². The van der Waals surface area contributed by atoms with E-state index in [9.17, 15) is 0 Å². The van der Waals surface area contributed by atoms with Crippen LogP contribution in [-0.4, -0.2) is 19.5 Å². The molecule has 106 valence electrons. The van der Waals surface area contributed by atoms with Crippen LogP contribution in [0.2, 0.25) is 0 Å². The van der Waals surface area contributed by atoms with E-state index in [1.165, 1.54) is 5.56 Å². The van der Waals surface area contributed by atoms with Crippen LogP contribution in [0.4, 0.5) is 0 Å². The molecule has 4 aromatic rings. The normalized spacial score (nSPS) is 11.0. The Hall–Kier alpha value is -3.01. The maximum atomic E-state index is 4.48. The van der Waals surface area contributed by atoms with Crippen molar-refractivity contribution in [3.8, 4) is 16.8 Å². The zero-order valence-corrected chi connectivity index (χ0v) is 12.1. The van der Waals surface area contributed by atoms with Gasteiger partial charge in [0.1, 0.15) is 12.7 Å². The lowest BCUT2D eigenvalue weighted by molar-refractivity contribution is 1.09. The molecule has 0 atom stereocenters. The van der Waals surface area contributed by atoms with E-state index in [0.717, 1.165) is 27.8 Å². The number of aryl methyl sites for hydroxylation is 1. The largest absolute Gasteiger partial charge is 0.299 e. The van der Waals surface area contributed by atoms with Gasteiger partial charge in [-0.1, -0.05) is 23.8 Å². The molecule has 0 radical (unpaired) electrons. The minimum absolute atomic E-state index is 0.973. The van der Waals surface area contributed by atoms with Crippen LogP contribution in [0.1, 0.15) is 5.56 Å². The molecule has 0 aliphatic carbocycles. The number of rotatable bonds is 2. The van der Waals surface area contributed by atoms with Gasteiger partial charge in [0.25, 0.3) is 0 Å². The first-order valence-electron chi connectivity index (χ1n) is 7.11. The van der Waals surface area contributed by atoms with Gasteiger partial charge < -0.3 is 0 Å². The van der Waals surface area contributed by atoms with E-state index in [4.69, 9.17) is 0 Å². The van der Waals surface area contributed by atoms with Gasteiger partial charge in [-0.15, -0.1) is 0 Å². The molecule has 0 spiro atoms. The van der Waals surface area contributed by atoms with Crippen LogP contribution in [0.25, 0.3) is 27.8 Å². The molecule has 0 amide bonds. The highest BCUT2D eigenvalue weighted by atomic mass is 15.0. The third-order valence-electron chi connectivity index (χ3n) is 3.75. The van der Waals surface area contributed by atoms with Gasteiger partial charge in [-0.05, 0) is 36.8 Å². The Labute approximate surface area is 128 Å². The highest BCUT2D eigenvalue weighted by molar-refractivity contribution is 5.83. The van der Waals surface area contributed by atoms with Gasteiger partial charge in [-0.3, -0.25) is 4.57 Å². The molecule has 4 nitrogen and oxygen atoms in total. The predicted molar refractivity (Wildman–Crippen MR) is 86.8 cm³/mol. The quantitative estimate of drug-likeness (QED) is 0.563. The Morgan fingerprint density at radius 2 is 1.64 bits per heavy atom. The summed E-state index contributed by atoms with van der Waals surface area (Å²) in [7, 11) is 0. The SMILES string of the molecule is Cc1ccc(-n2cnc3ccc(-c4cncnc4)cc32)cc1. The maximum absolute atomic E-state index is 4.48. The van der Waals surface area contributed by atoms with Crippen molar-refractivity contribution in [2.45, 2.75) is 6.92 Å². The Kier molecular flexibility index (Phi) is 2.93. The van der Waals surface area contributed by atoms with E-state index in [0.29, 0.717) is 0 Å². The summed E-state index contributed by atoms with van der Waals surface area (Å²) in [6.45, 7) is 2.09. The molecule has 4 heteroatoms. The predicted octanol–water partition coefficient (Wildman–Crippen LogP) is 3.79. The van der Waals surface area contributed by atoms with Crippen molar-refractivity contribution in [2.75, 3.05) is 0 Å². The van der Waals surface area contributed by atoms with Crippen molar-refractivity contribution < 1.29 is 0 Å². The van der Waals surface area contributed by atoms with Crippen molar-refractivity contribution >= 4 is 11.0 Å². The second-order valence-corrected chi connectivity index (χ2v) is 5.28. The smallest absolute Gasteiger partial charge is 0.115 e. The molecule has 22 heavy (non-hydrogen) atoms. The second-order valence-electron chi connectivity index (χ2n) is 5.28. The average Bonchev–Trinajstić information content (AvgIpc) is 2.99. The number of benzene rings is 2. The van der Waals surface area contributed by atoms with Crippen molar-refractivity contribution in [1.82, 2.24) is 19.5 Å². The molecule has 0 aliphatic heterocycles. The molecule has 0 saturated carbocycles. The van der Waals surface area contributed by atoms with E-state index in [1.807, 2.05) is 30.9 Å². The maximum Gasteiger partial charge on any atom is 0.115 e. The number of fused-ring (bicyclic) bond motifs is 1. The molecule has 0 saturated heterocycles. The summed E-state index contributed by atoms with van der Waals surface area (Å²) in [5.74, 6) is 0. The Bertz CT molecular complexity index is 924.